The maximum Gasteiger partial charge on any atom is 0.321 e. The molecule has 1 aromatic rings. The average molecular weight is 498 g/mol. The van der Waals surface area contributed by atoms with Gasteiger partial charge in [0.25, 0.3) is 0 Å². The summed E-state index contributed by atoms with van der Waals surface area (Å²) in [5.41, 5.74) is 3.18. The molecule has 5 heteroatoms. The van der Waals surface area contributed by atoms with Gasteiger partial charge in [0.05, 0.1) is 5.54 Å². The van der Waals surface area contributed by atoms with Crippen molar-refractivity contribution >= 4 is 17.6 Å². The molecule has 36 heavy (non-hydrogen) atoms. The number of unbranched alkanes of at least 4 members (excludes halogenated alkanes) is 6. The van der Waals surface area contributed by atoms with E-state index in [0.717, 1.165) is 42.6 Å². The number of benzene rings is 1. The van der Waals surface area contributed by atoms with Crippen molar-refractivity contribution < 1.29 is 9.59 Å². The first-order valence-corrected chi connectivity index (χ1v) is 14.8. The van der Waals surface area contributed by atoms with Crippen molar-refractivity contribution in [2.24, 2.45) is 0 Å². The van der Waals surface area contributed by atoms with Crippen LogP contribution in [0.15, 0.2) is 18.2 Å². The number of carbonyl (C=O) groups is 2. The smallest absolute Gasteiger partial charge is 0.321 e. The predicted molar refractivity (Wildman–Crippen MR) is 151 cm³/mol. The van der Waals surface area contributed by atoms with Crippen molar-refractivity contribution in [3.63, 3.8) is 0 Å². The maximum absolute atomic E-state index is 13.6. The van der Waals surface area contributed by atoms with Crippen LogP contribution in [0.25, 0.3) is 0 Å². The maximum atomic E-state index is 13.6. The topological polar surface area (TPSA) is 52.7 Å². The highest BCUT2D eigenvalue weighted by molar-refractivity contribution is 5.96. The molecular weight excluding hydrogens is 446 g/mol. The van der Waals surface area contributed by atoms with E-state index in [4.69, 9.17) is 0 Å². The largest absolute Gasteiger partial charge is 0.324 e. The first-order chi connectivity index (χ1) is 17.3. The third kappa shape index (κ3) is 7.04. The molecular formula is C31H51N3O2. The Morgan fingerprint density at radius 1 is 0.917 bits per heavy atom. The summed E-state index contributed by atoms with van der Waals surface area (Å²) in [6.45, 7) is 12.6. The van der Waals surface area contributed by atoms with E-state index in [1.165, 1.54) is 57.8 Å². The van der Waals surface area contributed by atoms with Gasteiger partial charge in [0.2, 0.25) is 5.91 Å². The van der Waals surface area contributed by atoms with Crippen LogP contribution in [0.5, 0.6) is 0 Å². The van der Waals surface area contributed by atoms with Crippen LogP contribution < -0.4 is 5.32 Å². The summed E-state index contributed by atoms with van der Waals surface area (Å²) in [5, 5.41) is 3.22. The highest BCUT2D eigenvalue weighted by Gasteiger charge is 2.49. The summed E-state index contributed by atoms with van der Waals surface area (Å²) in [7, 11) is 0. The third-order valence-electron chi connectivity index (χ3n) is 8.30. The van der Waals surface area contributed by atoms with Gasteiger partial charge < -0.3 is 15.1 Å². The minimum Gasteiger partial charge on any atom is -0.324 e. The van der Waals surface area contributed by atoms with Gasteiger partial charge in [0.15, 0.2) is 0 Å². The van der Waals surface area contributed by atoms with Gasteiger partial charge in [-0.05, 0) is 42.2 Å². The second-order valence-electron chi connectivity index (χ2n) is 11.9. The molecule has 5 nitrogen and oxygen atoms in total. The van der Waals surface area contributed by atoms with Gasteiger partial charge in [0.1, 0.15) is 6.54 Å². The summed E-state index contributed by atoms with van der Waals surface area (Å²) in [6, 6.07) is 6.36. The molecule has 3 rings (SSSR count). The van der Waals surface area contributed by atoms with Crippen LogP contribution in [0.2, 0.25) is 0 Å². The Labute approximate surface area is 220 Å². The van der Waals surface area contributed by atoms with Gasteiger partial charge in [0, 0.05) is 18.8 Å². The molecule has 2 aliphatic rings. The number of carbonyl (C=O) groups excluding carboxylic acids is 2. The molecule has 1 heterocycles. The molecule has 0 bridgehead atoms. The van der Waals surface area contributed by atoms with Crippen LogP contribution in [0, 0.1) is 0 Å². The van der Waals surface area contributed by atoms with Crippen molar-refractivity contribution in [2.75, 3.05) is 25.0 Å². The van der Waals surface area contributed by atoms with E-state index >= 15 is 0 Å². The molecule has 2 fully saturated rings. The fraction of sp³-hybridized carbons (Fsp3) is 0.742. The van der Waals surface area contributed by atoms with Crippen LogP contribution in [-0.2, 0) is 4.79 Å². The Balaban J connectivity index is 1.66. The van der Waals surface area contributed by atoms with Crippen LogP contribution >= 0.6 is 0 Å². The van der Waals surface area contributed by atoms with Gasteiger partial charge in [-0.15, -0.1) is 0 Å². The third-order valence-corrected chi connectivity index (χ3v) is 8.30. The number of nitrogens with zero attached hydrogens (tertiary/aromatic N) is 2. The zero-order chi connectivity index (χ0) is 26.1. The number of hydrogen-bond acceptors (Lipinski definition) is 2. The normalized spacial score (nSPS) is 17.6. The number of urea groups is 1. The molecule has 1 spiro atoms. The van der Waals surface area contributed by atoms with E-state index in [1.54, 1.807) is 0 Å². The number of rotatable bonds is 13. The van der Waals surface area contributed by atoms with E-state index in [9.17, 15) is 9.59 Å². The molecule has 1 aromatic carbocycles. The van der Waals surface area contributed by atoms with E-state index in [-0.39, 0.29) is 24.0 Å². The number of nitrogens with one attached hydrogen (secondary N) is 1. The van der Waals surface area contributed by atoms with Gasteiger partial charge >= 0.3 is 6.03 Å². The molecule has 3 amide bonds. The second kappa shape index (κ2) is 13.5. The molecule has 0 atom stereocenters. The van der Waals surface area contributed by atoms with Gasteiger partial charge in [-0.3, -0.25) is 4.79 Å². The Morgan fingerprint density at radius 2 is 1.50 bits per heavy atom. The zero-order valence-corrected chi connectivity index (χ0v) is 23.7. The monoisotopic (exact) mass is 497 g/mol. The lowest BCUT2D eigenvalue weighted by Crippen LogP contribution is -2.48. The zero-order valence-electron chi connectivity index (χ0n) is 23.7. The minimum atomic E-state index is -0.0814. The van der Waals surface area contributed by atoms with Crippen LogP contribution in [0.4, 0.5) is 10.5 Å². The molecule has 1 saturated carbocycles. The van der Waals surface area contributed by atoms with Gasteiger partial charge in [-0.25, -0.2) is 4.79 Å². The predicted octanol–water partition coefficient (Wildman–Crippen LogP) is 8.06. The van der Waals surface area contributed by atoms with Crippen LogP contribution in [0.3, 0.4) is 0 Å². The van der Waals surface area contributed by atoms with E-state index in [0.29, 0.717) is 18.4 Å². The van der Waals surface area contributed by atoms with Gasteiger partial charge in [-0.1, -0.05) is 111 Å². The Morgan fingerprint density at radius 3 is 2.08 bits per heavy atom. The quantitative estimate of drug-likeness (QED) is 0.280. The minimum absolute atomic E-state index is 0.0688. The Kier molecular flexibility index (Phi) is 10.7. The number of anilines is 1. The SMILES string of the molecule is CCCCCCCCCN1C(=O)N(CC(=O)Nc2c(C(C)C)cccc2C(C)C)CC12CCCCC2. The van der Waals surface area contributed by atoms with Crippen molar-refractivity contribution in [2.45, 2.75) is 129 Å². The highest BCUT2D eigenvalue weighted by atomic mass is 16.2. The summed E-state index contributed by atoms with van der Waals surface area (Å²) < 4.78 is 0. The van der Waals surface area contributed by atoms with Crippen molar-refractivity contribution in [1.29, 1.82) is 0 Å². The van der Waals surface area contributed by atoms with E-state index < -0.39 is 0 Å². The molecule has 0 unspecified atom stereocenters. The lowest BCUT2D eigenvalue weighted by atomic mass is 9.81. The highest BCUT2D eigenvalue weighted by Crippen LogP contribution is 2.40. The Bertz CT molecular complexity index is 831. The fourth-order valence-corrected chi connectivity index (χ4v) is 6.25. The lowest BCUT2D eigenvalue weighted by Gasteiger charge is -2.40. The van der Waals surface area contributed by atoms with Crippen LogP contribution in [-0.4, -0.2) is 46.9 Å². The first kappa shape index (κ1) is 28.5. The molecule has 1 aliphatic heterocycles. The summed E-state index contributed by atoms with van der Waals surface area (Å²) >= 11 is 0. The summed E-state index contributed by atoms with van der Waals surface area (Å²) in [4.78, 5) is 30.9. The molecule has 1 aliphatic carbocycles. The van der Waals surface area contributed by atoms with Crippen molar-refractivity contribution in [3.8, 4) is 0 Å². The van der Waals surface area contributed by atoms with Crippen LogP contribution in [0.1, 0.15) is 135 Å². The number of para-hydroxylation sites is 1. The Hall–Kier alpha value is -2.04. The summed E-state index contributed by atoms with van der Waals surface area (Å²) in [6.07, 6.45) is 14.5. The molecule has 0 radical (unpaired) electrons. The molecule has 1 saturated heterocycles. The second-order valence-corrected chi connectivity index (χ2v) is 11.9. The standard InChI is InChI=1S/C31H51N3O2/c1-6-7-8-9-10-11-15-21-34-30(36)33(23-31(34)19-13-12-14-20-31)22-28(35)32-29-26(24(2)3)17-16-18-27(29)25(4)5/h16-18,24-25H,6-15,19-23H2,1-5H3,(H,32,35). The number of hydrogen-bond donors (Lipinski definition) is 1. The first-order valence-electron chi connectivity index (χ1n) is 14.8. The van der Waals surface area contributed by atoms with E-state index in [1.807, 2.05) is 4.90 Å². The van der Waals surface area contributed by atoms with E-state index in [2.05, 4.69) is 63.0 Å². The van der Waals surface area contributed by atoms with Gasteiger partial charge in [-0.2, -0.15) is 0 Å². The summed E-state index contributed by atoms with van der Waals surface area (Å²) in [5.74, 6) is 0.549. The van der Waals surface area contributed by atoms with Crippen molar-refractivity contribution in [1.82, 2.24) is 9.80 Å². The molecule has 0 aromatic heterocycles. The average Bonchev–Trinajstić information content (AvgIpc) is 3.08. The molecule has 1 N–H and O–H groups in total. The molecule has 202 valence electrons. The fourth-order valence-electron chi connectivity index (χ4n) is 6.25. The van der Waals surface area contributed by atoms with Crippen molar-refractivity contribution in [3.05, 3.63) is 29.3 Å². The number of amides is 3. The lowest BCUT2D eigenvalue weighted by molar-refractivity contribution is -0.116.